The fourth-order valence-corrected chi connectivity index (χ4v) is 2.55. The molecule has 4 nitrogen and oxygen atoms in total. The first-order chi connectivity index (χ1) is 8.16. The first kappa shape index (κ1) is 11.1. The topological polar surface area (TPSA) is 56.7 Å². The molecule has 0 amide bonds. The van der Waals surface area contributed by atoms with Gasteiger partial charge in [-0.2, -0.15) is 0 Å². The minimum absolute atomic E-state index is 0.384. The molecule has 2 N–H and O–H groups in total. The van der Waals surface area contributed by atoms with E-state index in [1.54, 1.807) is 0 Å². The highest BCUT2D eigenvalue weighted by Gasteiger charge is 2.34. The highest BCUT2D eigenvalue weighted by molar-refractivity contribution is 7.80. The summed E-state index contributed by atoms with van der Waals surface area (Å²) in [6.07, 6.45) is 6.30. The van der Waals surface area contributed by atoms with E-state index in [1.165, 1.54) is 31.4 Å². The Bertz CT molecular complexity index is 445. The zero-order chi connectivity index (χ0) is 12.0. The van der Waals surface area contributed by atoms with Gasteiger partial charge in [-0.3, -0.25) is 0 Å². The highest BCUT2D eigenvalue weighted by atomic mass is 32.1. The first-order valence-electron chi connectivity index (χ1n) is 6.40. The maximum Gasteiger partial charge on any atom is 0.143 e. The molecule has 2 aliphatic carbocycles. The molecule has 1 aromatic rings. The molecule has 0 saturated heterocycles. The number of rotatable bonds is 5. The molecule has 2 aliphatic rings. The highest BCUT2D eigenvalue weighted by Crippen LogP contribution is 2.41. The van der Waals surface area contributed by atoms with Crippen LogP contribution in [0.25, 0.3) is 0 Å². The van der Waals surface area contributed by atoms with Crippen molar-refractivity contribution < 1.29 is 0 Å². The molecule has 1 atom stereocenters. The average molecular weight is 250 g/mol. The second-order valence-electron chi connectivity index (χ2n) is 5.42. The third kappa shape index (κ3) is 2.20. The second kappa shape index (κ2) is 4.05. The molecule has 1 aromatic heterocycles. The number of aromatic nitrogens is 3. The van der Waals surface area contributed by atoms with Crippen LogP contribution in [0.3, 0.4) is 0 Å². The Labute approximate surface area is 107 Å². The minimum atomic E-state index is 0.384. The van der Waals surface area contributed by atoms with Crippen LogP contribution in [0, 0.1) is 11.8 Å². The number of nitrogens with two attached hydrogens (primary N) is 1. The number of nitrogens with zero attached hydrogens (tertiary/aromatic N) is 3. The lowest BCUT2D eigenvalue weighted by molar-refractivity contribution is 0.412. The SMILES string of the molecule is CC(C1CC1)n1nnc(C(N)=S)c1CC1CC1. The molecule has 5 heteroatoms. The summed E-state index contributed by atoms with van der Waals surface area (Å²) in [6.45, 7) is 2.23. The van der Waals surface area contributed by atoms with Gasteiger partial charge in [-0.15, -0.1) is 5.10 Å². The summed E-state index contributed by atoms with van der Waals surface area (Å²) in [5.74, 6) is 1.57. The van der Waals surface area contributed by atoms with Gasteiger partial charge in [-0.05, 0) is 50.9 Å². The third-order valence-corrected chi connectivity index (χ3v) is 4.09. The number of hydrogen-bond acceptors (Lipinski definition) is 3. The van der Waals surface area contributed by atoms with Gasteiger partial charge in [0.1, 0.15) is 10.7 Å². The van der Waals surface area contributed by atoms with Gasteiger partial charge in [0.15, 0.2) is 0 Å². The standard InChI is InChI=1S/C12H18N4S/c1-7(9-4-5-9)16-10(6-8-2-3-8)11(12(13)17)14-15-16/h7-9H,2-6H2,1H3,(H2,13,17). The van der Waals surface area contributed by atoms with Crippen molar-refractivity contribution in [2.45, 2.75) is 45.1 Å². The lowest BCUT2D eigenvalue weighted by Crippen LogP contribution is -2.17. The second-order valence-corrected chi connectivity index (χ2v) is 5.86. The van der Waals surface area contributed by atoms with Crippen LogP contribution in [0.15, 0.2) is 0 Å². The van der Waals surface area contributed by atoms with Crippen LogP contribution in [0.4, 0.5) is 0 Å². The minimum Gasteiger partial charge on any atom is -0.388 e. The molecule has 0 aliphatic heterocycles. The van der Waals surface area contributed by atoms with Crippen molar-refractivity contribution in [2.24, 2.45) is 17.6 Å². The van der Waals surface area contributed by atoms with Crippen LogP contribution in [0.2, 0.25) is 0 Å². The molecule has 1 unspecified atom stereocenters. The van der Waals surface area contributed by atoms with Gasteiger partial charge in [-0.1, -0.05) is 17.4 Å². The van der Waals surface area contributed by atoms with Gasteiger partial charge >= 0.3 is 0 Å². The number of thiocarbonyl (C=S) groups is 1. The van der Waals surface area contributed by atoms with Crippen LogP contribution in [-0.2, 0) is 6.42 Å². The summed E-state index contributed by atoms with van der Waals surface area (Å²) in [4.78, 5) is 0.384. The van der Waals surface area contributed by atoms with E-state index >= 15 is 0 Å². The largest absolute Gasteiger partial charge is 0.388 e. The van der Waals surface area contributed by atoms with E-state index in [1.807, 2.05) is 0 Å². The Morgan fingerprint density at radius 2 is 2.18 bits per heavy atom. The van der Waals surface area contributed by atoms with Crippen LogP contribution >= 0.6 is 12.2 Å². The van der Waals surface area contributed by atoms with E-state index in [2.05, 4.69) is 21.9 Å². The van der Waals surface area contributed by atoms with Gasteiger partial charge in [0.05, 0.1) is 11.7 Å². The van der Waals surface area contributed by atoms with E-state index in [0.717, 1.165) is 24.0 Å². The Kier molecular flexibility index (Phi) is 2.65. The van der Waals surface area contributed by atoms with Crippen molar-refractivity contribution in [1.29, 1.82) is 0 Å². The Hall–Kier alpha value is -0.970. The van der Waals surface area contributed by atoms with Crippen LogP contribution in [0.1, 0.15) is 50.0 Å². The molecule has 3 rings (SSSR count). The summed E-state index contributed by atoms with van der Waals surface area (Å²) in [6, 6.07) is 0.444. The van der Waals surface area contributed by atoms with Crippen LogP contribution < -0.4 is 5.73 Å². The molecule has 2 saturated carbocycles. The van der Waals surface area contributed by atoms with Gasteiger partial charge in [0.2, 0.25) is 0 Å². The normalized spacial score (nSPS) is 21.5. The maximum atomic E-state index is 5.73. The molecule has 0 bridgehead atoms. The van der Waals surface area contributed by atoms with Crippen molar-refractivity contribution in [2.75, 3.05) is 0 Å². The monoisotopic (exact) mass is 250 g/mol. The third-order valence-electron chi connectivity index (χ3n) is 3.89. The predicted molar refractivity (Wildman–Crippen MR) is 69.8 cm³/mol. The Morgan fingerprint density at radius 1 is 1.47 bits per heavy atom. The van der Waals surface area contributed by atoms with Gasteiger partial charge in [0, 0.05) is 0 Å². The van der Waals surface area contributed by atoms with E-state index in [-0.39, 0.29) is 0 Å². The lowest BCUT2D eigenvalue weighted by Gasteiger charge is -2.14. The first-order valence-corrected chi connectivity index (χ1v) is 6.81. The summed E-state index contributed by atoms with van der Waals surface area (Å²) < 4.78 is 2.07. The van der Waals surface area contributed by atoms with Crippen molar-refractivity contribution in [3.05, 3.63) is 11.4 Å². The molecule has 2 fully saturated rings. The van der Waals surface area contributed by atoms with E-state index in [9.17, 15) is 0 Å². The summed E-state index contributed by atoms with van der Waals surface area (Å²) in [5, 5.41) is 8.45. The summed E-state index contributed by atoms with van der Waals surface area (Å²) >= 11 is 5.07. The van der Waals surface area contributed by atoms with E-state index in [4.69, 9.17) is 18.0 Å². The molecular weight excluding hydrogens is 232 g/mol. The van der Waals surface area contributed by atoms with Crippen molar-refractivity contribution in [3.63, 3.8) is 0 Å². The zero-order valence-electron chi connectivity index (χ0n) is 10.1. The molecule has 0 aromatic carbocycles. The Balaban J connectivity index is 1.91. The van der Waals surface area contributed by atoms with Crippen LogP contribution in [0.5, 0.6) is 0 Å². The smallest absolute Gasteiger partial charge is 0.143 e. The van der Waals surface area contributed by atoms with E-state index < -0.39 is 0 Å². The van der Waals surface area contributed by atoms with Crippen LogP contribution in [-0.4, -0.2) is 20.0 Å². The van der Waals surface area contributed by atoms with Crippen molar-refractivity contribution in [3.8, 4) is 0 Å². The fraction of sp³-hybridized carbons (Fsp3) is 0.750. The molecule has 0 radical (unpaired) electrons. The van der Waals surface area contributed by atoms with Crippen molar-refractivity contribution in [1.82, 2.24) is 15.0 Å². The Morgan fingerprint density at radius 3 is 2.71 bits per heavy atom. The van der Waals surface area contributed by atoms with Gasteiger partial charge < -0.3 is 5.73 Å². The molecule has 17 heavy (non-hydrogen) atoms. The average Bonchev–Trinajstić information content (AvgIpc) is 3.14. The number of hydrogen-bond donors (Lipinski definition) is 1. The fourth-order valence-electron chi connectivity index (χ4n) is 2.40. The van der Waals surface area contributed by atoms with Gasteiger partial charge in [-0.25, -0.2) is 4.68 Å². The van der Waals surface area contributed by atoms with Crippen molar-refractivity contribution >= 4 is 17.2 Å². The molecule has 92 valence electrons. The molecule has 1 heterocycles. The zero-order valence-corrected chi connectivity index (χ0v) is 10.9. The summed E-state index contributed by atoms with van der Waals surface area (Å²) in [7, 11) is 0. The maximum absolute atomic E-state index is 5.73. The molecule has 0 spiro atoms. The summed E-state index contributed by atoms with van der Waals surface area (Å²) in [5.41, 5.74) is 7.65. The quantitative estimate of drug-likeness (QED) is 0.810. The lowest BCUT2D eigenvalue weighted by atomic mass is 10.1. The molecular formula is C12H18N4S. The van der Waals surface area contributed by atoms with E-state index in [0.29, 0.717) is 11.0 Å². The van der Waals surface area contributed by atoms with Gasteiger partial charge in [0.25, 0.3) is 0 Å². The predicted octanol–water partition coefficient (Wildman–Crippen LogP) is 1.84.